The lowest BCUT2D eigenvalue weighted by Crippen LogP contribution is -2.25. The molecule has 0 fully saturated rings. The van der Waals surface area contributed by atoms with Gasteiger partial charge in [0.2, 0.25) is 0 Å². The molecule has 1 N–H and O–H groups in total. The molecule has 110 valence electrons. The van der Waals surface area contributed by atoms with Crippen molar-refractivity contribution in [3.05, 3.63) is 51.6 Å². The maximum absolute atomic E-state index is 12.1. The third kappa shape index (κ3) is 4.06. The highest BCUT2D eigenvalue weighted by Crippen LogP contribution is 2.19. The van der Waals surface area contributed by atoms with E-state index in [4.69, 9.17) is 9.52 Å². The molecule has 2 aromatic rings. The van der Waals surface area contributed by atoms with Crippen molar-refractivity contribution >= 4 is 29.3 Å². The van der Waals surface area contributed by atoms with Gasteiger partial charge in [0.15, 0.2) is 5.76 Å². The molecule has 0 radical (unpaired) electrons. The summed E-state index contributed by atoms with van der Waals surface area (Å²) >= 11 is 1.48. The summed E-state index contributed by atoms with van der Waals surface area (Å²) in [5.41, 5.74) is 0.812. The molecule has 0 saturated carbocycles. The minimum absolute atomic E-state index is 0.181. The Hall–Kier alpha value is -2.34. The summed E-state index contributed by atoms with van der Waals surface area (Å²) < 4.78 is 5.31. The van der Waals surface area contributed by atoms with E-state index < -0.39 is 5.97 Å². The van der Waals surface area contributed by atoms with Crippen LogP contribution in [-0.2, 0) is 11.3 Å². The van der Waals surface area contributed by atoms with Crippen LogP contribution in [0.25, 0.3) is 6.08 Å². The Balaban J connectivity index is 2.01. The lowest BCUT2D eigenvalue weighted by atomic mass is 10.2. The highest BCUT2D eigenvalue weighted by Gasteiger charge is 2.16. The highest BCUT2D eigenvalue weighted by molar-refractivity contribution is 7.10. The van der Waals surface area contributed by atoms with Gasteiger partial charge in [0.1, 0.15) is 5.76 Å². The van der Waals surface area contributed by atoms with Crippen LogP contribution >= 0.6 is 11.3 Å². The van der Waals surface area contributed by atoms with Gasteiger partial charge in [-0.15, -0.1) is 11.3 Å². The van der Waals surface area contributed by atoms with E-state index >= 15 is 0 Å². The molecule has 0 aliphatic carbocycles. The van der Waals surface area contributed by atoms with Crippen LogP contribution in [0.15, 0.2) is 34.1 Å². The number of aliphatic carboxylic acids is 1. The average molecular weight is 305 g/mol. The van der Waals surface area contributed by atoms with Crippen molar-refractivity contribution in [1.29, 1.82) is 0 Å². The van der Waals surface area contributed by atoms with Crippen molar-refractivity contribution in [1.82, 2.24) is 4.90 Å². The molecule has 0 atom stereocenters. The minimum atomic E-state index is -0.983. The van der Waals surface area contributed by atoms with Gasteiger partial charge in [0, 0.05) is 18.0 Å². The largest absolute Gasteiger partial charge is 0.478 e. The second kappa shape index (κ2) is 6.41. The van der Waals surface area contributed by atoms with E-state index in [1.54, 1.807) is 31.0 Å². The Kier molecular flexibility index (Phi) is 4.59. The lowest BCUT2D eigenvalue weighted by Gasteiger charge is -2.14. The van der Waals surface area contributed by atoms with Crippen LogP contribution in [0.4, 0.5) is 0 Å². The maximum Gasteiger partial charge on any atom is 0.328 e. The Morgan fingerprint density at radius 2 is 2.19 bits per heavy atom. The number of carboxylic acid groups (broad SMARTS) is 1. The summed E-state index contributed by atoms with van der Waals surface area (Å²) in [5.74, 6) is -0.149. The van der Waals surface area contributed by atoms with E-state index in [0.29, 0.717) is 18.1 Å². The van der Waals surface area contributed by atoms with Crippen molar-refractivity contribution in [2.45, 2.75) is 13.5 Å². The monoisotopic (exact) mass is 305 g/mol. The van der Waals surface area contributed by atoms with Crippen LogP contribution in [-0.4, -0.2) is 28.9 Å². The first-order valence-electron chi connectivity index (χ1n) is 6.26. The Labute approximate surface area is 126 Å². The van der Waals surface area contributed by atoms with Gasteiger partial charge >= 0.3 is 5.97 Å². The molecule has 21 heavy (non-hydrogen) atoms. The highest BCUT2D eigenvalue weighted by atomic mass is 32.1. The van der Waals surface area contributed by atoms with Crippen LogP contribution in [0, 0.1) is 6.92 Å². The molecular formula is C15H15NO4S. The number of aryl methyl sites for hydroxylation is 1. The molecule has 1 amide bonds. The van der Waals surface area contributed by atoms with Gasteiger partial charge in [-0.3, -0.25) is 4.79 Å². The predicted molar refractivity (Wildman–Crippen MR) is 80.2 cm³/mol. The van der Waals surface area contributed by atoms with Crippen molar-refractivity contribution in [3.63, 3.8) is 0 Å². The Morgan fingerprint density at radius 3 is 2.81 bits per heavy atom. The van der Waals surface area contributed by atoms with Crippen LogP contribution in [0.1, 0.15) is 26.8 Å². The van der Waals surface area contributed by atoms with Crippen molar-refractivity contribution in [3.8, 4) is 0 Å². The van der Waals surface area contributed by atoms with E-state index in [2.05, 4.69) is 0 Å². The molecule has 2 heterocycles. The number of rotatable bonds is 5. The second-order valence-electron chi connectivity index (χ2n) is 4.59. The van der Waals surface area contributed by atoms with Crippen LogP contribution in [0.3, 0.4) is 0 Å². The number of nitrogens with zero attached hydrogens (tertiary/aromatic N) is 1. The number of furan rings is 1. The van der Waals surface area contributed by atoms with Gasteiger partial charge in [-0.05, 0) is 42.1 Å². The molecule has 0 aliphatic heterocycles. The van der Waals surface area contributed by atoms with Gasteiger partial charge in [0.05, 0.1) is 6.54 Å². The molecule has 2 aromatic heterocycles. The third-order valence-corrected chi connectivity index (χ3v) is 3.72. The van der Waals surface area contributed by atoms with Gasteiger partial charge in [0.25, 0.3) is 5.91 Å². The number of carboxylic acids is 1. The summed E-state index contributed by atoms with van der Waals surface area (Å²) in [6.45, 7) is 2.24. The fourth-order valence-corrected chi connectivity index (χ4v) is 2.68. The summed E-state index contributed by atoms with van der Waals surface area (Å²) in [5, 5.41) is 10.4. The zero-order chi connectivity index (χ0) is 15.4. The summed E-state index contributed by atoms with van der Waals surface area (Å²) in [6.07, 6.45) is 2.62. The van der Waals surface area contributed by atoms with Crippen LogP contribution in [0.5, 0.6) is 0 Å². The fraction of sp³-hybridized carbons (Fsp3) is 0.200. The summed E-state index contributed by atoms with van der Waals surface area (Å²) in [6, 6.07) is 5.27. The number of hydrogen-bond acceptors (Lipinski definition) is 4. The molecule has 0 aromatic carbocycles. The average Bonchev–Trinajstić information content (AvgIpc) is 3.04. The van der Waals surface area contributed by atoms with Gasteiger partial charge < -0.3 is 14.4 Å². The smallest absolute Gasteiger partial charge is 0.328 e. The molecule has 2 rings (SSSR count). The Morgan fingerprint density at radius 1 is 1.43 bits per heavy atom. The van der Waals surface area contributed by atoms with Gasteiger partial charge in [-0.1, -0.05) is 0 Å². The molecular weight excluding hydrogens is 290 g/mol. The standard InChI is InChI=1S/C15H15NO4S/c1-10-3-5-13(20-10)15(19)16(2)8-12-7-11(9-21-12)4-6-14(17)18/h3-7,9H,8H2,1-2H3,(H,17,18). The molecule has 0 spiro atoms. The molecule has 6 heteroatoms. The number of amides is 1. The summed E-state index contributed by atoms with van der Waals surface area (Å²) in [4.78, 5) is 25.1. The Bertz CT molecular complexity index is 683. The van der Waals surface area contributed by atoms with Gasteiger partial charge in [-0.2, -0.15) is 0 Å². The molecule has 0 saturated heterocycles. The maximum atomic E-state index is 12.1. The lowest BCUT2D eigenvalue weighted by molar-refractivity contribution is -0.131. The first-order valence-corrected chi connectivity index (χ1v) is 7.14. The fourth-order valence-electron chi connectivity index (χ4n) is 1.78. The minimum Gasteiger partial charge on any atom is -0.478 e. The van der Waals surface area contributed by atoms with Crippen LogP contribution < -0.4 is 0 Å². The molecule has 0 bridgehead atoms. The van der Waals surface area contributed by atoms with E-state index in [1.807, 2.05) is 11.4 Å². The second-order valence-corrected chi connectivity index (χ2v) is 5.59. The number of hydrogen-bond donors (Lipinski definition) is 1. The van der Waals surface area contributed by atoms with Gasteiger partial charge in [-0.25, -0.2) is 4.79 Å². The number of thiophene rings is 1. The van der Waals surface area contributed by atoms with Crippen LogP contribution in [0.2, 0.25) is 0 Å². The number of carbonyl (C=O) groups is 2. The quantitative estimate of drug-likeness (QED) is 0.862. The van der Waals surface area contributed by atoms with Crippen molar-refractivity contribution in [2.75, 3.05) is 7.05 Å². The van der Waals surface area contributed by atoms with Crippen molar-refractivity contribution in [2.24, 2.45) is 0 Å². The van der Waals surface area contributed by atoms with E-state index in [9.17, 15) is 9.59 Å². The van der Waals surface area contributed by atoms with E-state index in [0.717, 1.165) is 16.5 Å². The van der Waals surface area contributed by atoms with E-state index in [-0.39, 0.29) is 5.91 Å². The zero-order valence-electron chi connectivity index (χ0n) is 11.7. The molecule has 0 unspecified atom stereocenters. The van der Waals surface area contributed by atoms with E-state index in [1.165, 1.54) is 17.4 Å². The zero-order valence-corrected chi connectivity index (χ0v) is 12.5. The SMILES string of the molecule is Cc1ccc(C(=O)N(C)Cc2cc(C=CC(=O)O)cs2)o1. The molecule has 0 aliphatic rings. The summed E-state index contributed by atoms with van der Waals surface area (Å²) in [7, 11) is 1.70. The first-order chi connectivity index (χ1) is 9.95. The normalized spacial score (nSPS) is 11.0. The predicted octanol–water partition coefficient (Wildman–Crippen LogP) is 3.02. The topological polar surface area (TPSA) is 70.8 Å². The number of carbonyl (C=O) groups excluding carboxylic acids is 1. The molecule has 5 nitrogen and oxygen atoms in total. The van der Waals surface area contributed by atoms with Crippen molar-refractivity contribution < 1.29 is 19.1 Å². The third-order valence-electron chi connectivity index (χ3n) is 2.78. The first kappa shape index (κ1) is 15.1.